The Hall–Kier alpha value is -1.91. The molecule has 0 bridgehead atoms. The lowest BCUT2D eigenvalue weighted by Crippen LogP contribution is -2.21. The predicted molar refractivity (Wildman–Crippen MR) is 101 cm³/mol. The normalized spacial score (nSPS) is 10.9. The van der Waals surface area contributed by atoms with E-state index in [1.165, 1.54) is 16.0 Å². The molecule has 0 aromatic heterocycles. The van der Waals surface area contributed by atoms with Gasteiger partial charge in [0.1, 0.15) is 0 Å². The first-order chi connectivity index (χ1) is 11.0. The number of nitrogens with zero attached hydrogens (tertiary/aromatic N) is 1. The van der Waals surface area contributed by atoms with Crippen LogP contribution in [0.3, 0.4) is 0 Å². The maximum absolute atomic E-state index is 5.75. The van der Waals surface area contributed by atoms with E-state index in [0.29, 0.717) is 0 Å². The number of hydrogen-bond donors (Lipinski definition) is 2. The summed E-state index contributed by atoms with van der Waals surface area (Å²) in [6.07, 6.45) is 1.81. The van der Waals surface area contributed by atoms with Crippen LogP contribution in [0.5, 0.6) is 0 Å². The van der Waals surface area contributed by atoms with Crippen molar-refractivity contribution in [1.29, 1.82) is 0 Å². The van der Waals surface area contributed by atoms with Crippen molar-refractivity contribution < 1.29 is 0 Å². The Morgan fingerprint density at radius 3 is 2.30 bits per heavy atom. The molecule has 0 amide bonds. The topological polar surface area (TPSA) is 55.3 Å². The zero-order valence-electron chi connectivity index (χ0n) is 13.7. The highest BCUT2D eigenvalue weighted by Gasteiger charge is 2.08. The summed E-state index contributed by atoms with van der Waals surface area (Å²) in [5.74, 6) is 0. The summed E-state index contributed by atoms with van der Waals surface area (Å²) in [6.45, 7) is 7.76. The number of aryl methyl sites for hydroxylation is 1. The van der Waals surface area contributed by atoms with Gasteiger partial charge in [-0.15, -0.1) is 0 Å². The van der Waals surface area contributed by atoms with Crippen molar-refractivity contribution in [2.75, 3.05) is 18.8 Å². The van der Waals surface area contributed by atoms with E-state index in [1.807, 2.05) is 12.1 Å². The van der Waals surface area contributed by atoms with Crippen LogP contribution in [-0.2, 0) is 6.42 Å². The van der Waals surface area contributed by atoms with Crippen molar-refractivity contribution in [3.05, 3.63) is 71.9 Å². The molecule has 0 radical (unpaired) electrons. The van der Waals surface area contributed by atoms with Crippen molar-refractivity contribution in [2.24, 2.45) is 5.73 Å². The molecule has 0 saturated carbocycles. The van der Waals surface area contributed by atoms with Crippen LogP contribution >= 0.6 is 11.9 Å². The van der Waals surface area contributed by atoms with E-state index in [4.69, 9.17) is 11.5 Å². The molecule has 0 heterocycles. The highest BCUT2D eigenvalue weighted by atomic mass is 32.2. The van der Waals surface area contributed by atoms with E-state index in [2.05, 4.69) is 54.2 Å². The van der Waals surface area contributed by atoms with E-state index < -0.39 is 0 Å². The summed E-state index contributed by atoms with van der Waals surface area (Å²) in [4.78, 5) is 1.19. The Bertz CT molecular complexity index is 620. The van der Waals surface area contributed by atoms with Crippen molar-refractivity contribution >= 4 is 17.6 Å². The zero-order valence-corrected chi connectivity index (χ0v) is 14.5. The van der Waals surface area contributed by atoms with Crippen LogP contribution in [0.1, 0.15) is 17.5 Å². The summed E-state index contributed by atoms with van der Waals surface area (Å²) >= 11 is 1.74. The minimum atomic E-state index is 0.725. The average molecular weight is 327 g/mol. The molecule has 0 atom stereocenters. The molecule has 122 valence electrons. The molecule has 23 heavy (non-hydrogen) atoms. The zero-order chi connectivity index (χ0) is 16.7. The quantitative estimate of drug-likeness (QED) is 0.568. The molecule has 2 aromatic rings. The molecule has 0 spiro atoms. The summed E-state index contributed by atoms with van der Waals surface area (Å²) in [5.41, 5.74) is 15.6. The van der Waals surface area contributed by atoms with Gasteiger partial charge in [-0.3, -0.25) is 0 Å². The third-order valence-corrected chi connectivity index (χ3v) is 4.67. The molecule has 2 rings (SSSR count). The standard InChI is InChI=1S/C19H25N3S/c1-15-3-5-17(6-4-15)12-14-22(13-11-16(2)20)23-19-9-7-18(21)8-10-19/h3-10H,2,11-14,20-21H2,1H3. The molecule has 0 fully saturated rings. The third-order valence-electron chi connectivity index (χ3n) is 3.57. The summed E-state index contributed by atoms with van der Waals surface area (Å²) in [5, 5.41) is 0. The van der Waals surface area contributed by atoms with Crippen LogP contribution in [0.2, 0.25) is 0 Å². The lowest BCUT2D eigenvalue weighted by molar-refractivity contribution is 0.477. The van der Waals surface area contributed by atoms with Gasteiger partial charge in [0, 0.05) is 29.4 Å². The molecule has 4 N–H and O–H groups in total. The highest BCUT2D eigenvalue weighted by molar-refractivity contribution is 7.97. The van der Waals surface area contributed by atoms with Gasteiger partial charge in [0.2, 0.25) is 0 Å². The lowest BCUT2D eigenvalue weighted by Gasteiger charge is -2.21. The van der Waals surface area contributed by atoms with E-state index in [-0.39, 0.29) is 0 Å². The second-order valence-electron chi connectivity index (χ2n) is 5.73. The van der Waals surface area contributed by atoms with E-state index >= 15 is 0 Å². The third kappa shape index (κ3) is 6.38. The van der Waals surface area contributed by atoms with Gasteiger partial charge >= 0.3 is 0 Å². The molecule has 0 aliphatic heterocycles. The minimum Gasteiger partial charge on any atom is -0.402 e. The fraction of sp³-hybridized carbons (Fsp3) is 0.263. The predicted octanol–water partition coefficient (Wildman–Crippen LogP) is 3.99. The summed E-state index contributed by atoms with van der Waals surface area (Å²) < 4.78 is 2.34. The second kappa shape index (κ2) is 8.65. The number of nitrogens with two attached hydrogens (primary N) is 2. The number of nitrogen functional groups attached to an aromatic ring is 1. The molecular formula is C19H25N3S. The largest absolute Gasteiger partial charge is 0.402 e. The fourth-order valence-electron chi connectivity index (χ4n) is 2.16. The number of rotatable bonds is 8. The monoisotopic (exact) mass is 327 g/mol. The molecule has 4 heteroatoms. The highest BCUT2D eigenvalue weighted by Crippen LogP contribution is 2.24. The Balaban J connectivity index is 1.96. The fourth-order valence-corrected chi connectivity index (χ4v) is 3.08. The van der Waals surface area contributed by atoms with Crippen molar-refractivity contribution in [2.45, 2.75) is 24.7 Å². The van der Waals surface area contributed by atoms with Crippen LogP contribution in [0.25, 0.3) is 0 Å². The Labute approximate surface area is 143 Å². The Morgan fingerprint density at radius 2 is 1.70 bits per heavy atom. The molecule has 3 nitrogen and oxygen atoms in total. The summed E-state index contributed by atoms with van der Waals surface area (Å²) in [6, 6.07) is 16.7. The van der Waals surface area contributed by atoms with Crippen LogP contribution in [0.15, 0.2) is 65.7 Å². The van der Waals surface area contributed by atoms with Gasteiger partial charge in [0.05, 0.1) is 0 Å². The van der Waals surface area contributed by atoms with Gasteiger partial charge in [-0.05, 0) is 61.5 Å². The van der Waals surface area contributed by atoms with E-state index in [9.17, 15) is 0 Å². The van der Waals surface area contributed by atoms with E-state index in [1.54, 1.807) is 11.9 Å². The van der Waals surface area contributed by atoms with Crippen LogP contribution in [0.4, 0.5) is 5.69 Å². The second-order valence-corrected chi connectivity index (χ2v) is 6.90. The maximum Gasteiger partial charge on any atom is 0.0314 e. The van der Waals surface area contributed by atoms with Crippen molar-refractivity contribution in [3.8, 4) is 0 Å². The number of hydrogen-bond acceptors (Lipinski definition) is 4. The van der Waals surface area contributed by atoms with Gasteiger partial charge in [-0.2, -0.15) is 0 Å². The van der Waals surface area contributed by atoms with Crippen LogP contribution < -0.4 is 11.5 Å². The lowest BCUT2D eigenvalue weighted by atomic mass is 10.1. The van der Waals surface area contributed by atoms with Gasteiger partial charge in [0.25, 0.3) is 0 Å². The first-order valence-corrected chi connectivity index (χ1v) is 8.57. The van der Waals surface area contributed by atoms with Crippen LogP contribution in [-0.4, -0.2) is 17.4 Å². The first kappa shape index (κ1) is 17.4. The van der Waals surface area contributed by atoms with Gasteiger partial charge in [-0.25, -0.2) is 4.31 Å². The molecule has 0 saturated heterocycles. The summed E-state index contributed by atoms with van der Waals surface area (Å²) in [7, 11) is 0. The first-order valence-electron chi connectivity index (χ1n) is 7.80. The van der Waals surface area contributed by atoms with Gasteiger partial charge in [0.15, 0.2) is 0 Å². The van der Waals surface area contributed by atoms with Gasteiger partial charge in [-0.1, -0.05) is 36.4 Å². The average Bonchev–Trinajstić information content (AvgIpc) is 2.53. The van der Waals surface area contributed by atoms with E-state index in [0.717, 1.165) is 37.3 Å². The SMILES string of the molecule is C=C(N)CCN(CCc1ccc(C)cc1)Sc1ccc(N)cc1. The number of benzene rings is 2. The molecule has 2 aromatic carbocycles. The molecular weight excluding hydrogens is 302 g/mol. The molecule has 0 aliphatic rings. The Kier molecular flexibility index (Phi) is 6.56. The maximum atomic E-state index is 5.75. The smallest absolute Gasteiger partial charge is 0.0314 e. The van der Waals surface area contributed by atoms with Gasteiger partial charge < -0.3 is 11.5 Å². The van der Waals surface area contributed by atoms with Crippen molar-refractivity contribution in [3.63, 3.8) is 0 Å². The van der Waals surface area contributed by atoms with Crippen LogP contribution in [0, 0.1) is 6.92 Å². The number of anilines is 1. The minimum absolute atomic E-state index is 0.725. The van der Waals surface area contributed by atoms with Crippen molar-refractivity contribution in [1.82, 2.24) is 4.31 Å². The molecule has 0 aliphatic carbocycles. The molecule has 0 unspecified atom stereocenters. The Morgan fingerprint density at radius 1 is 1.04 bits per heavy atom.